The summed E-state index contributed by atoms with van der Waals surface area (Å²) in [7, 11) is 1.67. The molecule has 0 atom stereocenters. The summed E-state index contributed by atoms with van der Waals surface area (Å²) in [6, 6.07) is 10.2. The summed E-state index contributed by atoms with van der Waals surface area (Å²) in [5.74, 6) is 0.856. The van der Waals surface area contributed by atoms with Crippen LogP contribution in [0.15, 0.2) is 41.0 Å². The number of aryl methyl sites for hydroxylation is 3. The van der Waals surface area contributed by atoms with E-state index in [4.69, 9.17) is 9.15 Å². The van der Waals surface area contributed by atoms with E-state index in [1.54, 1.807) is 13.4 Å². The van der Waals surface area contributed by atoms with Crippen molar-refractivity contribution >= 4 is 16.9 Å². The molecule has 4 heteroatoms. The number of nitrogens with one attached hydrogen (secondary N) is 1. The van der Waals surface area contributed by atoms with Crippen molar-refractivity contribution < 1.29 is 13.9 Å². The molecular formula is C22H25NO3. The number of ether oxygens (including phenoxy) is 1. The number of rotatable bonds is 6. The zero-order chi connectivity index (χ0) is 18.7. The minimum atomic E-state index is -0.00227. The number of hydrogen-bond acceptors (Lipinski definition) is 3. The van der Waals surface area contributed by atoms with E-state index in [0.717, 1.165) is 39.8 Å². The van der Waals surface area contributed by atoms with Crippen molar-refractivity contribution in [3.63, 3.8) is 0 Å². The molecule has 0 aliphatic heterocycles. The van der Waals surface area contributed by atoms with Gasteiger partial charge in [-0.2, -0.15) is 0 Å². The molecule has 0 saturated carbocycles. The topological polar surface area (TPSA) is 51.5 Å². The van der Waals surface area contributed by atoms with Crippen molar-refractivity contribution in [2.45, 2.75) is 33.6 Å². The third kappa shape index (κ3) is 3.74. The van der Waals surface area contributed by atoms with Gasteiger partial charge < -0.3 is 14.5 Å². The Kier molecular flexibility index (Phi) is 5.31. The highest BCUT2D eigenvalue weighted by Gasteiger charge is 2.13. The van der Waals surface area contributed by atoms with E-state index in [1.807, 2.05) is 25.1 Å². The molecule has 1 aromatic heterocycles. The maximum Gasteiger partial charge on any atom is 0.224 e. The molecule has 1 amide bonds. The van der Waals surface area contributed by atoms with Crippen LogP contribution in [0.2, 0.25) is 0 Å². The largest absolute Gasteiger partial charge is 0.496 e. The maximum atomic E-state index is 12.3. The number of methoxy groups -OCH3 is 1. The summed E-state index contributed by atoms with van der Waals surface area (Å²) < 4.78 is 11.1. The van der Waals surface area contributed by atoms with E-state index < -0.39 is 0 Å². The smallest absolute Gasteiger partial charge is 0.224 e. The first-order valence-electron chi connectivity index (χ1n) is 8.86. The molecule has 0 radical (unpaired) electrons. The zero-order valence-electron chi connectivity index (χ0n) is 15.8. The minimum absolute atomic E-state index is 0.00227. The second-order valence-corrected chi connectivity index (χ2v) is 6.74. The quantitative estimate of drug-likeness (QED) is 0.722. The molecular weight excluding hydrogens is 326 g/mol. The van der Waals surface area contributed by atoms with Crippen LogP contribution in [0.5, 0.6) is 5.75 Å². The van der Waals surface area contributed by atoms with Crippen LogP contribution in [0.1, 0.15) is 27.8 Å². The normalized spacial score (nSPS) is 10.9. The van der Waals surface area contributed by atoms with Gasteiger partial charge in [0.05, 0.1) is 19.8 Å². The van der Waals surface area contributed by atoms with Gasteiger partial charge in [-0.1, -0.05) is 29.8 Å². The molecule has 1 N–H and O–H groups in total. The van der Waals surface area contributed by atoms with Crippen LogP contribution in [0, 0.1) is 20.8 Å². The highest BCUT2D eigenvalue weighted by molar-refractivity contribution is 5.89. The number of fused-ring (bicyclic) bond motifs is 1. The fourth-order valence-electron chi connectivity index (χ4n) is 3.20. The van der Waals surface area contributed by atoms with Gasteiger partial charge in [-0.25, -0.2) is 0 Å². The Morgan fingerprint density at radius 3 is 2.69 bits per heavy atom. The van der Waals surface area contributed by atoms with E-state index in [2.05, 4.69) is 31.3 Å². The lowest BCUT2D eigenvalue weighted by Crippen LogP contribution is -2.27. The van der Waals surface area contributed by atoms with Crippen LogP contribution in [0.4, 0.5) is 0 Å². The molecule has 4 nitrogen and oxygen atoms in total. The summed E-state index contributed by atoms with van der Waals surface area (Å²) >= 11 is 0. The molecule has 0 fully saturated rings. The lowest BCUT2D eigenvalue weighted by molar-refractivity contribution is -0.120. The highest BCUT2D eigenvalue weighted by Crippen LogP contribution is 2.26. The second-order valence-electron chi connectivity index (χ2n) is 6.74. The first-order valence-corrected chi connectivity index (χ1v) is 8.86. The summed E-state index contributed by atoms with van der Waals surface area (Å²) in [5, 5.41) is 4.01. The SMILES string of the molecule is COc1ccc(C)cc1CCNC(=O)Cc1coc2c(C)c(C)ccc12. The molecule has 26 heavy (non-hydrogen) atoms. The molecule has 0 unspecified atom stereocenters. The van der Waals surface area contributed by atoms with Crippen molar-refractivity contribution in [3.05, 3.63) is 64.4 Å². The molecule has 0 aliphatic rings. The summed E-state index contributed by atoms with van der Waals surface area (Å²) in [6.07, 6.45) is 2.75. The molecule has 0 spiro atoms. The van der Waals surface area contributed by atoms with Crippen LogP contribution < -0.4 is 10.1 Å². The molecule has 3 aromatic rings. The van der Waals surface area contributed by atoms with Crippen LogP contribution >= 0.6 is 0 Å². The second kappa shape index (κ2) is 7.65. The number of carbonyl (C=O) groups is 1. The third-order valence-electron chi connectivity index (χ3n) is 4.85. The van der Waals surface area contributed by atoms with Crippen LogP contribution in [-0.4, -0.2) is 19.6 Å². The predicted octanol–water partition coefficient (Wildman–Crippen LogP) is 4.27. The van der Waals surface area contributed by atoms with Crippen molar-refractivity contribution in [1.82, 2.24) is 5.32 Å². The monoisotopic (exact) mass is 351 g/mol. The molecule has 0 saturated heterocycles. The Hall–Kier alpha value is -2.75. The molecule has 0 bridgehead atoms. The van der Waals surface area contributed by atoms with Gasteiger partial charge in [-0.3, -0.25) is 4.79 Å². The van der Waals surface area contributed by atoms with Crippen molar-refractivity contribution in [1.29, 1.82) is 0 Å². The van der Waals surface area contributed by atoms with Gasteiger partial charge in [0.15, 0.2) is 0 Å². The van der Waals surface area contributed by atoms with Crippen LogP contribution in [-0.2, 0) is 17.6 Å². The van der Waals surface area contributed by atoms with Crippen LogP contribution in [0.25, 0.3) is 11.0 Å². The Bertz CT molecular complexity index is 940. The Labute approximate surface area is 154 Å². The number of benzene rings is 2. The lowest BCUT2D eigenvalue weighted by atomic mass is 10.0. The Morgan fingerprint density at radius 2 is 1.92 bits per heavy atom. The molecule has 3 rings (SSSR count). The number of furan rings is 1. The summed E-state index contributed by atoms with van der Waals surface area (Å²) in [5.41, 5.74) is 6.40. The first-order chi connectivity index (χ1) is 12.5. The average molecular weight is 351 g/mol. The standard InChI is InChI=1S/C22H25NO3/c1-14-5-8-20(25-4)17(11-14)9-10-23-21(24)12-18-13-26-22-16(3)15(2)6-7-19(18)22/h5-8,11,13H,9-10,12H2,1-4H3,(H,23,24). The Morgan fingerprint density at radius 1 is 1.12 bits per heavy atom. The van der Waals surface area contributed by atoms with E-state index in [0.29, 0.717) is 13.0 Å². The van der Waals surface area contributed by atoms with Crippen LogP contribution in [0.3, 0.4) is 0 Å². The van der Waals surface area contributed by atoms with E-state index in [9.17, 15) is 4.79 Å². The predicted molar refractivity (Wildman–Crippen MR) is 104 cm³/mol. The number of hydrogen-bond donors (Lipinski definition) is 1. The van der Waals surface area contributed by atoms with Gasteiger partial charge >= 0.3 is 0 Å². The number of amides is 1. The van der Waals surface area contributed by atoms with E-state index >= 15 is 0 Å². The lowest BCUT2D eigenvalue weighted by Gasteiger charge is -2.10. The van der Waals surface area contributed by atoms with Gasteiger partial charge in [0.2, 0.25) is 5.91 Å². The van der Waals surface area contributed by atoms with Gasteiger partial charge in [0.1, 0.15) is 11.3 Å². The van der Waals surface area contributed by atoms with Gasteiger partial charge in [0, 0.05) is 17.5 Å². The van der Waals surface area contributed by atoms with Crippen molar-refractivity contribution in [3.8, 4) is 5.75 Å². The molecule has 1 heterocycles. The third-order valence-corrected chi connectivity index (χ3v) is 4.85. The zero-order valence-corrected chi connectivity index (χ0v) is 15.8. The van der Waals surface area contributed by atoms with E-state index in [-0.39, 0.29) is 5.91 Å². The first kappa shape index (κ1) is 18.1. The number of carbonyl (C=O) groups excluding carboxylic acids is 1. The fourth-order valence-corrected chi connectivity index (χ4v) is 3.20. The van der Waals surface area contributed by atoms with Gasteiger partial charge in [-0.05, 0) is 49.9 Å². The van der Waals surface area contributed by atoms with Gasteiger partial charge in [-0.15, -0.1) is 0 Å². The van der Waals surface area contributed by atoms with E-state index in [1.165, 1.54) is 11.1 Å². The average Bonchev–Trinajstić information content (AvgIpc) is 3.02. The summed E-state index contributed by atoms with van der Waals surface area (Å²) in [4.78, 5) is 12.3. The fraction of sp³-hybridized carbons (Fsp3) is 0.318. The molecule has 2 aromatic carbocycles. The molecule has 0 aliphatic carbocycles. The highest BCUT2D eigenvalue weighted by atomic mass is 16.5. The molecule has 136 valence electrons. The van der Waals surface area contributed by atoms with Gasteiger partial charge in [0.25, 0.3) is 0 Å². The summed E-state index contributed by atoms with van der Waals surface area (Å²) in [6.45, 7) is 6.73. The minimum Gasteiger partial charge on any atom is -0.496 e. The van der Waals surface area contributed by atoms with Crippen molar-refractivity contribution in [2.24, 2.45) is 0 Å². The maximum absolute atomic E-state index is 12.3. The van der Waals surface area contributed by atoms with Crippen molar-refractivity contribution in [2.75, 3.05) is 13.7 Å². The Balaban J connectivity index is 1.62.